The van der Waals surface area contributed by atoms with E-state index < -0.39 is 11.2 Å². The Bertz CT molecular complexity index is 413. The highest BCUT2D eigenvalue weighted by Crippen LogP contribution is 2.12. The third-order valence-corrected chi connectivity index (χ3v) is 3.74. The summed E-state index contributed by atoms with van der Waals surface area (Å²) in [5, 5.41) is 0. The fourth-order valence-corrected chi connectivity index (χ4v) is 2.59. The molecule has 0 amide bonds. The molecule has 0 N–H and O–H groups in total. The van der Waals surface area contributed by atoms with E-state index in [4.69, 9.17) is 0 Å². The van der Waals surface area contributed by atoms with E-state index >= 15 is 0 Å². The lowest BCUT2D eigenvalue weighted by Gasteiger charge is -2.09. The zero-order valence-corrected chi connectivity index (χ0v) is 9.74. The number of benzene rings is 2. The van der Waals surface area contributed by atoms with Crippen LogP contribution in [0.25, 0.3) is 0 Å². The van der Waals surface area contributed by atoms with E-state index in [1.165, 1.54) is 5.56 Å². The highest BCUT2D eigenvalue weighted by Gasteiger charge is 2.09. The van der Waals surface area contributed by atoms with Crippen LogP contribution in [-0.4, -0.2) is 10.3 Å². The van der Waals surface area contributed by atoms with Crippen molar-refractivity contribution in [3.63, 3.8) is 0 Å². The van der Waals surface area contributed by atoms with Crippen molar-refractivity contribution in [1.82, 2.24) is 0 Å². The molecule has 2 aromatic rings. The first-order valence-electron chi connectivity index (χ1n) is 5.25. The fraction of sp³-hybridized carbons (Fsp3) is 0.143. The van der Waals surface area contributed by atoms with Crippen LogP contribution < -0.4 is 0 Å². The SMILES string of the molecule is [O-][S+](CCc1ccccc1)c1cc[c]cc1. The Morgan fingerprint density at radius 1 is 1.00 bits per heavy atom. The molecule has 1 atom stereocenters. The van der Waals surface area contributed by atoms with E-state index in [9.17, 15) is 4.55 Å². The molecule has 1 unspecified atom stereocenters. The summed E-state index contributed by atoms with van der Waals surface area (Å²) < 4.78 is 11.9. The molecule has 16 heavy (non-hydrogen) atoms. The highest BCUT2D eigenvalue weighted by atomic mass is 32.2. The number of rotatable bonds is 4. The molecule has 0 fully saturated rings. The Labute approximate surface area is 99.3 Å². The zero-order valence-electron chi connectivity index (χ0n) is 8.93. The van der Waals surface area contributed by atoms with Gasteiger partial charge in [0.15, 0.2) is 4.90 Å². The van der Waals surface area contributed by atoms with Crippen LogP contribution in [-0.2, 0) is 17.6 Å². The van der Waals surface area contributed by atoms with E-state index in [1.54, 1.807) is 12.1 Å². The van der Waals surface area contributed by atoms with Gasteiger partial charge in [-0.3, -0.25) is 0 Å². The molecule has 0 aromatic heterocycles. The Morgan fingerprint density at radius 3 is 2.38 bits per heavy atom. The van der Waals surface area contributed by atoms with Gasteiger partial charge >= 0.3 is 0 Å². The van der Waals surface area contributed by atoms with Gasteiger partial charge in [0.05, 0.1) is 0 Å². The van der Waals surface area contributed by atoms with Crippen LogP contribution in [0.3, 0.4) is 0 Å². The van der Waals surface area contributed by atoms with Gasteiger partial charge in [-0.25, -0.2) is 0 Å². The smallest absolute Gasteiger partial charge is 0.152 e. The van der Waals surface area contributed by atoms with Crippen LogP contribution in [0.15, 0.2) is 59.5 Å². The Hall–Kier alpha value is -1.25. The van der Waals surface area contributed by atoms with Crippen molar-refractivity contribution in [2.24, 2.45) is 0 Å². The predicted octanol–water partition coefficient (Wildman–Crippen LogP) is 2.84. The van der Waals surface area contributed by atoms with Gasteiger partial charge in [0, 0.05) is 6.42 Å². The van der Waals surface area contributed by atoms with E-state index in [0.29, 0.717) is 5.75 Å². The zero-order chi connectivity index (χ0) is 11.2. The fourth-order valence-electron chi connectivity index (χ4n) is 1.50. The molecule has 2 aromatic carbocycles. The summed E-state index contributed by atoms with van der Waals surface area (Å²) in [5.41, 5.74) is 1.23. The molecule has 0 saturated heterocycles. The Balaban J connectivity index is 1.92. The lowest BCUT2D eigenvalue weighted by molar-refractivity contribution is 0.594. The summed E-state index contributed by atoms with van der Waals surface area (Å²) in [6.07, 6.45) is 0.853. The molecule has 0 aliphatic heterocycles. The van der Waals surface area contributed by atoms with Gasteiger partial charge in [0.2, 0.25) is 0 Å². The minimum atomic E-state index is -0.904. The second-order valence-corrected chi connectivity index (χ2v) is 5.09. The summed E-state index contributed by atoms with van der Waals surface area (Å²) in [4.78, 5) is 0.884. The maximum atomic E-state index is 11.9. The third-order valence-electron chi connectivity index (χ3n) is 2.37. The molecule has 81 valence electrons. The highest BCUT2D eigenvalue weighted by molar-refractivity contribution is 7.91. The van der Waals surface area contributed by atoms with Crippen molar-refractivity contribution >= 4 is 11.2 Å². The topological polar surface area (TPSA) is 23.1 Å². The molecular formula is C14H13OS. The molecule has 2 heteroatoms. The molecular weight excluding hydrogens is 216 g/mol. The Kier molecular flexibility index (Phi) is 4.03. The molecule has 0 heterocycles. The second-order valence-electron chi connectivity index (χ2n) is 3.52. The standard InChI is InChI=1S/C14H13OS/c15-16(14-9-5-2-6-10-14)12-11-13-7-3-1-4-8-13/h1,3-10H,11-12H2. The van der Waals surface area contributed by atoms with Crippen molar-refractivity contribution < 1.29 is 4.55 Å². The van der Waals surface area contributed by atoms with Gasteiger partial charge in [0.25, 0.3) is 0 Å². The van der Waals surface area contributed by atoms with Crippen LogP contribution in [0.1, 0.15) is 5.56 Å². The molecule has 1 nitrogen and oxygen atoms in total. The largest absolute Gasteiger partial charge is 0.611 e. The lowest BCUT2D eigenvalue weighted by atomic mass is 10.2. The van der Waals surface area contributed by atoms with Crippen LogP contribution in [0, 0.1) is 6.07 Å². The summed E-state index contributed by atoms with van der Waals surface area (Å²) >= 11 is -0.904. The lowest BCUT2D eigenvalue weighted by Crippen LogP contribution is -2.09. The molecule has 0 saturated carbocycles. The van der Waals surface area contributed by atoms with E-state index in [1.807, 2.05) is 30.3 Å². The van der Waals surface area contributed by atoms with Crippen molar-refractivity contribution in [3.05, 3.63) is 66.2 Å². The predicted molar refractivity (Wildman–Crippen MR) is 66.7 cm³/mol. The van der Waals surface area contributed by atoms with Gasteiger partial charge in [-0.2, -0.15) is 0 Å². The van der Waals surface area contributed by atoms with Gasteiger partial charge in [-0.15, -0.1) is 0 Å². The summed E-state index contributed by atoms with van der Waals surface area (Å²) in [5.74, 6) is 0.675. The monoisotopic (exact) mass is 229 g/mol. The minimum Gasteiger partial charge on any atom is -0.611 e. The van der Waals surface area contributed by atoms with Crippen molar-refractivity contribution in [1.29, 1.82) is 0 Å². The molecule has 1 radical (unpaired) electrons. The average Bonchev–Trinajstić information content (AvgIpc) is 2.38. The van der Waals surface area contributed by atoms with Gasteiger partial charge < -0.3 is 4.55 Å². The van der Waals surface area contributed by atoms with Crippen molar-refractivity contribution in [3.8, 4) is 0 Å². The van der Waals surface area contributed by atoms with E-state index in [-0.39, 0.29) is 0 Å². The van der Waals surface area contributed by atoms with Crippen LogP contribution in [0.5, 0.6) is 0 Å². The summed E-state index contributed by atoms with van der Waals surface area (Å²) in [6, 6.07) is 20.4. The third kappa shape index (κ3) is 3.12. The van der Waals surface area contributed by atoms with Crippen molar-refractivity contribution in [2.75, 3.05) is 5.75 Å². The average molecular weight is 229 g/mol. The van der Waals surface area contributed by atoms with E-state index in [0.717, 1.165) is 11.3 Å². The van der Waals surface area contributed by atoms with Crippen LogP contribution in [0.4, 0.5) is 0 Å². The van der Waals surface area contributed by atoms with E-state index in [2.05, 4.69) is 18.2 Å². The molecule has 0 spiro atoms. The summed E-state index contributed by atoms with van der Waals surface area (Å²) in [7, 11) is 0. The quantitative estimate of drug-likeness (QED) is 0.739. The molecule has 0 bridgehead atoms. The number of aryl methyl sites for hydroxylation is 1. The molecule has 2 rings (SSSR count). The normalized spacial score (nSPS) is 12.3. The first-order valence-corrected chi connectivity index (χ1v) is 6.56. The van der Waals surface area contributed by atoms with Gasteiger partial charge in [-0.05, 0) is 47.1 Å². The number of hydrogen-bond donors (Lipinski definition) is 0. The maximum absolute atomic E-state index is 11.9. The molecule has 0 aliphatic rings. The number of hydrogen-bond acceptors (Lipinski definition) is 1. The van der Waals surface area contributed by atoms with Crippen molar-refractivity contribution in [2.45, 2.75) is 11.3 Å². The second kappa shape index (κ2) is 5.73. The van der Waals surface area contributed by atoms with Gasteiger partial charge in [0.1, 0.15) is 5.75 Å². The maximum Gasteiger partial charge on any atom is 0.152 e. The van der Waals surface area contributed by atoms with Crippen LogP contribution in [0.2, 0.25) is 0 Å². The van der Waals surface area contributed by atoms with Gasteiger partial charge in [-0.1, -0.05) is 30.3 Å². The Morgan fingerprint density at radius 2 is 1.69 bits per heavy atom. The first-order chi connectivity index (χ1) is 7.86. The molecule has 0 aliphatic carbocycles. The summed E-state index contributed by atoms with van der Waals surface area (Å²) in [6.45, 7) is 0. The van der Waals surface area contributed by atoms with Crippen LogP contribution >= 0.6 is 0 Å². The minimum absolute atomic E-state index is 0.675. The first kappa shape index (κ1) is 11.2.